The molecule has 0 spiro atoms. The van der Waals surface area contributed by atoms with Gasteiger partial charge in [-0.2, -0.15) is 4.31 Å². The number of carbonyl (C=O) groups is 2. The number of methoxy groups -OCH3 is 1. The van der Waals surface area contributed by atoms with Crippen molar-refractivity contribution in [1.29, 1.82) is 0 Å². The summed E-state index contributed by atoms with van der Waals surface area (Å²) < 4.78 is 32.9. The lowest BCUT2D eigenvalue weighted by Gasteiger charge is -2.33. The van der Waals surface area contributed by atoms with E-state index in [-0.39, 0.29) is 11.4 Å². The number of amides is 2. The Hall–Kier alpha value is -3.77. The Kier molecular flexibility index (Phi) is 12.3. The van der Waals surface area contributed by atoms with Crippen molar-refractivity contribution in [3.8, 4) is 0 Å². The number of nitrogens with zero attached hydrogens (tertiary/aromatic N) is 2. The zero-order valence-corrected chi connectivity index (χ0v) is 25.7. The number of benzene rings is 3. The first kappa shape index (κ1) is 33.7. The monoisotopic (exact) mass is 610 g/mol. The minimum Gasteiger partial charge on any atom is -0.452 e. The minimum atomic E-state index is -3.89. The van der Waals surface area contributed by atoms with Crippen molar-refractivity contribution in [3.63, 3.8) is 0 Å². The lowest BCUT2D eigenvalue weighted by molar-refractivity contribution is -0.132. The molecule has 3 aromatic carbocycles. The van der Waals surface area contributed by atoms with Crippen LogP contribution in [-0.2, 0) is 19.6 Å². The Morgan fingerprint density at radius 1 is 0.907 bits per heavy atom. The molecule has 0 heterocycles. The van der Waals surface area contributed by atoms with Crippen molar-refractivity contribution in [2.75, 3.05) is 26.0 Å². The van der Waals surface area contributed by atoms with Crippen LogP contribution in [0.3, 0.4) is 0 Å². The molecule has 0 aliphatic rings. The number of imide groups is 1. The van der Waals surface area contributed by atoms with E-state index in [1.54, 1.807) is 13.8 Å². The fraction of sp³-hybridized carbons (Fsp3) is 0.375. The zero-order valence-electron chi connectivity index (χ0n) is 24.9. The van der Waals surface area contributed by atoms with Crippen LogP contribution < -0.4 is 11.5 Å². The molecule has 0 aliphatic carbocycles. The number of hydrogen-bond acceptors (Lipinski definition) is 8. The van der Waals surface area contributed by atoms with E-state index >= 15 is 0 Å². The number of nitrogen functional groups attached to an aromatic ring is 1. The predicted molar refractivity (Wildman–Crippen MR) is 167 cm³/mol. The van der Waals surface area contributed by atoms with Crippen LogP contribution in [0.5, 0.6) is 0 Å². The van der Waals surface area contributed by atoms with Gasteiger partial charge in [-0.05, 0) is 61.6 Å². The summed E-state index contributed by atoms with van der Waals surface area (Å²) in [5, 5.41) is 10.1. The third kappa shape index (κ3) is 8.20. The molecule has 0 aromatic heterocycles. The molecule has 3 aromatic rings. The standard InChI is InChI=1S/C32H42N4O6S/c1-4-35(43(40,41)28-20-18-26(33)19-21-28)27(22-37)17-11-12-23(2)36(32(39)42-3)31(38)30(34)29(24-13-7-5-8-14-24)25-15-9-6-10-16-25/h5-10,13-16,18-21,23,27,29-30,37H,4,11-12,17,22,33-34H2,1-3H3/t23-,27-,30-/m0/s1. The van der Waals surface area contributed by atoms with Gasteiger partial charge in [0.15, 0.2) is 0 Å². The smallest absolute Gasteiger partial charge is 0.416 e. The van der Waals surface area contributed by atoms with Crippen LogP contribution in [0.2, 0.25) is 0 Å². The third-order valence-corrected chi connectivity index (χ3v) is 9.63. The van der Waals surface area contributed by atoms with Gasteiger partial charge < -0.3 is 21.3 Å². The fourth-order valence-electron chi connectivity index (χ4n) is 5.32. The summed E-state index contributed by atoms with van der Waals surface area (Å²) >= 11 is 0. The number of anilines is 1. The van der Waals surface area contributed by atoms with Gasteiger partial charge >= 0.3 is 6.09 Å². The molecule has 43 heavy (non-hydrogen) atoms. The molecular formula is C32H42N4O6S. The maximum atomic E-state index is 13.9. The molecule has 10 nitrogen and oxygen atoms in total. The first-order valence-corrected chi connectivity index (χ1v) is 15.8. The highest BCUT2D eigenvalue weighted by atomic mass is 32.2. The van der Waals surface area contributed by atoms with Crippen LogP contribution in [0.25, 0.3) is 0 Å². The number of aliphatic hydroxyl groups is 1. The first-order chi connectivity index (χ1) is 20.6. The predicted octanol–water partition coefficient (Wildman–Crippen LogP) is 3.95. The maximum Gasteiger partial charge on any atom is 0.416 e. The highest BCUT2D eigenvalue weighted by Crippen LogP contribution is 2.29. The number of nitrogens with two attached hydrogens (primary N) is 2. The molecule has 2 amide bonds. The fourth-order valence-corrected chi connectivity index (χ4v) is 6.98. The van der Waals surface area contributed by atoms with Gasteiger partial charge in [-0.25, -0.2) is 18.1 Å². The summed E-state index contributed by atoms with van der Waals surface area (Å²) in [6, 6.07) is 22.3. The second-order valence-corrected chi connectivity index (χ2v) is 12.3. The highest BCUT2D eigenvalue weighted by molar-refractivity contribution is 7.89. The van der Waals surface area contributed by atoms with Crippen LogP contribution in [0.4, 0.5) is 10.5 Å². The Bertz CT molecular complexity index is 1380. The van der Waals surface area contributed by atoms with Crippen molar-refractivity contribution < 1.29 is 27.9 Å². The quantitative estimate of drug-likeness (QED) is 0.232. The summed E-state index contributed by atoms with van der Waals surface area (Å²) in [4.78, 5) is 27.9. The average molecular weight is 611 g/mol. The van der Waals surface area contributed by atoms with Crippen LogP contribution in [0.1, 0.15) is 50.2 Å². The summed E-state index contributed by atoms with van der Waals surface area (Å²) in [5.41, 5.74) is 14.4. The van der Waals surface area contributed by atoms with Crippen molar-refractivity contribution in [2.45, 2.75) is 62.0 Å². The number of hydrogen-bond donors (Lipinski definition) is 3. The SMILES string of the molecule is CCN([C@H](CO)CCC[C@H](C)N(C(=O)OC)C(=O)[C@@H](N)C(c1ccccc1)c1ccccc1)S(=O)(=O)c1ccc(N)cc1. The van der Waals surface area contributed by atoms with E-state index in [4.69, 9.17) is 16.2 Å². The Labute approximate surface area is 254 Å². The highest BCUT2D eigenvalue weighted by Gasteiger charge is 2.37. The number of rotatable bonds is 14. The molecule has 0 fully saturated rings. The van der Waals surface area contributed by atoms with E-state index in [9.17, 15) is 23.1 Å². The molecule has 0 radical (unpaired) electrons. The van der Waals surface area contributed by atoms with Gasteiger partial charge in [-0.3, -0.25) is 4.79 Å². The van der Waals surface area contributed by atoms with Crippen LogP contribution in [0.15, 0.2) is 89.8 Å². The van der Waals surface area contributed by atoms with Gasteiger partial charge in [0.25, 0.3) is 0 Å². The van der Waals surface area contributed by atoms with Crippen molar-refractivity contribution in [3.05, 3.63) is 96.1 Å². The second kappa shape index (κ2) is 15.6. The summed E-state index contributed by atoms with van der Waals surface area (Å²) in [7, 11) is -2.68. The lowest BCUT2D eigenvalue weighted by atomic mass is 9.84. The summed E-state index contributed by atoms with van der Waals surface area (Å²) in [6.45, 7) is 3.18. The molecule has 3 rings (SSSR count). The van der Waals surface area contributed by atoms with Gasteiger partial charge in [0.1, 0.15) is 0 Å². The number of sulfonamides is 1. The van der Waals surface area contributed by atoms with E-state index in [0.717, 1.165) is 16.0 Å². The molecule has 11 heteroatoms. The normalized spacial score (nSPS) is 13.8. The Balaban J connectivity index is 1.77. The lowest BCUT2D eigenvalue weighted by Crippen LogP contribution is -2.53. The molecular weight excluding hydrogens is 568 g/mol. The number of ether oxygens (including phenoxy) is 1. The molecule has 0 saturated heterocycles. The van der Waals surface area contributed by atoms with Gasteiger partial charge in [0.2, 0.25) is 15.9 Å². The summed E-state index contributed by atoms with van der Waals surface area (Å²) in [6.07, 6.45) is 0.226. The molecule has 0 saturated carbocycles. The number of carbonyl (C=O) groups excluding carboxylic acids is 2. The molecule has 0 bridgehead atoms. The van der Waals surface area contributed by atoms with Crippen LogP contribution in [-0.4, -0.2) is 73.1 Å². The Morgan fingerprint density at radius 3 is 1.91 bits per heavy atom. The maximum absolute atomic E-state index is 13.9. The first-order valence-electron chi connectivity index (χ1n) is 14.3. The largest absolute Gasteiger partial charge is 0.452 e. The van der Waals surface area contributed by atoms with E-state index in [1.165, 1.54) is 35.7 Å². The van der Waals surface area contributed by atoms with E-state index in [2.05, 4.69) is 0 Å². The topological polar surface area (TPSA) is 156 Å². The number of aliphatic hydroxyl groups excluding tert-OH is 1. The molecule has 232 valence electrons. The van der Waals surface area contributed by atoms with Crippen LogP contribution >= 0.6 is 0 Å². The van der Waals surface area contributed by atoms with E-state index in [1.807, 2.05) is 60.7 Å². The minimum absolute atomic E-state index is 0.0817. The van der Waals surface area contributed by atoms with Crippen molar-refractivity contribution in [1.82, 2.24) is 9.21 Å². The van der Waals surface area contributed by atoms with Gasteiger partial charge in [0.05, 0.1) is 24.7 Å². The van der Waals surface area contributed by atoms with Gasteiger partial charge in [-0.1, -0.05) is 67.6 Å². The molecule has 5 N–H and O–H groups in total. The molecule has 3 atom stereocenters. The molecule has 0 unspecified atom stereocenters. The van der Waals surface area contributed by atoms with Gasteiger partial charge in [-0.15, -0.1) is 0 Å². The average Bonchev–Trinajstić information content (AvgIpc) is 3.01. The number of likely N-dealkylation sites (N-methyl/N-ethyl adjacent to an activating group) is 1. The van der Waals surface area contributed by atoms with E-state index in [0.29, 0.717) is 24.9 Å². The van der Waals surface area contributed by atoms with Crippen LogP contribution in [0, 0.1) is 0 Å². The summed E-state index contributed by atoms with van der Waals surface area (Å²) in [5.74, 6) is -1.10. The van der Waals surface area contributed by atoms with E-state index < -0.39 is 52.7 Å². The zero-order chi connectivity index (χ0) is 31.6. The third-order valence-electron chi connectivity index (χ3n) is 7.59. The van der Waals surface area contributed by atoms with Crippen molar-refractivity contribution in [2.24, 2.45) is 5.73 Å². The second-order valence-electron chi connectivity index (χ2n) is 10.4. The van der Waals surface area contributed by atoms with Gasteiger partial charge in [0, 0.05) is 30.2 Å². The Morgan fingerprint density at radius 2 is 1.44 bits per heavy atom. The van der Waals surface area contributed by atoms with Crippen molar-refractivity contribution >= 4 is 27.7 Å². The molecule has 0 aliphatic heterocycles.